The first kappa shape index (κ1) is 24.9. The van der Waals surface area contributed by atoms with Gasteiger partial charge < -0.3 is 19.9 Å². The van der Waals surface area contributed by atoms with Crippen molar-refractivity contribution in [1.29, 1.82) is 5.26 Å². The molecule has 0 bridgehead atoms. The third-order valence-corrected chi connectivity index (χ3v) is 6.52. The lowest BCUT2D eigenvalue weighted by molar-refractivity contribution is -0.145. The Morgan fingerprint density at radius 1 is 1.03 bits per heavy atom. The lowest BCUT2D eigenvalue weighted by Gasteiger charge is -2.22. The van der Waals surface area contributed by atoms with Crippen molar-refractivity contribution >= 4 is 16.9 Å². The fourth-order valence-corrected chi connectivity index (χ4v) is 4.55. The number of hydrogen-bond acceptors (Lipinski definition) is 6. The normalized spacial score (nSPS) is 12.2. The van der Waals surface area contributed by atoms with Crippen LogP contribution in [0, 0.1) is 18.3 Å². The molecule has 0 aliphatic rings. The van der Waals surface area contributed by atoms with Crippen molar-refractivity contribution in [2.24, 2.45) is 0 Å². The maximum atomic E-state index is 13.2. The van der Waals surface area contributed by atoms with Gasteiger partial charge in [-0.1, -0.05) is 42.5 Å². The third kappa shape index (κ3) is 5.04. The Kier molecular flexibility index (Phi) is 6.75. The van der Waals surface area contributed by atoms with E-state index in [0.29, 0.717) is 16.5 Å². The first-order valence-electron chi connectivity index (χ1n) is 12.1. The minimum atomic E-state index is -2.32. The molecule has 0 saturated heterocycles. The van der Waals surface area contributed by atoms with Crippen LogP contribution >= 0.6 is 0 Å². The number of nitriles is 1. The SMILES string of the molecule is Cc1cc(C#N)ccc1C(NC(=O)Cc1ccc2oc(C(O)(O)c3ccncc3)cc2c1)c1ccccc1. The number of furan rings is 1. The number of fused-ring (bicyclic) bond motifs is 1. The highest BCUT2D eigenvalue weighted by atomic mass is 16.5. The number of hydrogen-bond donors (Lipinski definition) is 3. The fourth-order valence-electron chi connectivity index (χ4n) is 4.55. The number of nitrogens with one attached hydrogen (secondary N) is 1. The standard InChI is InChI=1S/C31H25N3O4/c1-20-15-22(19-32)7-9-26(20)30(23-5-3-2-4-6-23)34-29(35)17-21-8-10-27-24(16-21)18-28(38-27)31(36,37)25-11-13-33-14-12-25/h2-16,18,30,36-37H,17H2,1H3,(H,34,35). The van der Waals surface area contributed by atoms with E-state index in [1.165, 1.54) is 24.5 Å². The van der Waals surface area contributed by atoms with Crippen LogP contribution in [-0.4, -0.2) is 21.1 Å². The van der Waals surface area contributed by atoms with Crippen LogP contribution in [0.4, 0.5) is 0 Å². The van der Waals surface area contributed by atoms with Crippen LogP contribution < -0.4 is 5.32 Å². The molecular formula is C31H25N3O4. The molecule has 5 rings (SSSR count). The van der Waals surface area contributed by atoms with Crippen LogP contribution in [0.15, 0.2) is 102 Å². The van der Waals surface area contributed by atoms with Gasteiger partial charge in [0.2, 0.25) is 5.91 Å². The van der Waals surface area contributed by atoms with Crippen LogP contribution in [0.5, 0.6) is 0 Å². The molecule has 0 radical (unpaired) electrons. The molecule has 1 atom stereocenters. The van der Waals surface area contributed by atoms with Crippen molar-refractivity contribution in [3.8, 4) is 6.07 Å². The number of carbonyl (C=O) groups excluding carboxylic acids is 1. The maximum Gasteiger partial charge on any atom is 0.251 e. The molecule has 1 unspecified atom stereocenters. The minimum absolute atomic E-state index is 0.0271. The highest BCUT2D eigenvalue weighted by Crippen LogP contribution is 2.32. The molecule has 0 aliphatic heterocycles. The summed E-state index contributed by atoms with van der Waals surface area (Å²) in [6, 6.07) is 26.8. The highest BCUT2D eigenvalue weighted by Gasteiger charge is 2.32. The van der Waals surface area contributed by atoms with Gasteiger partial charge in [-0.25, -0.2) is 0 Å². The molecule has 7 heteroatoms. The molecule has 3 aromatic carbocycles. The summed E-state index contributed by atoms with van der Waals surface area (Å²) in [5.41, 5.74) is 4.78. The number of amides is 1. The number of aliphatic hydroxyl groups is 2. The Bertz CT molecular complexity index is 1640. The molecule has 0 saturated carbocycles. The van der Waals surface area contributed by atoms with Gasteiger partial charge in [0.25, 0.3) is 5.79 Å². The van der Waals surface area contributed by atoms with Gasteiger partial charge >= 0.3 is 0 Å². The highest BCUT2D eigenvalue weighted by molar-refractivity contribution is 5.83. The molecule has 7 nitrogen and oxygen atoms in total. The van der Waals surface area contributed by atoms with Crippen molar-refractivity contribution in [3.05, 3.63) is 136 Å². The Morgan fingerprint density at radius 3 is 2.50 bits per heavy atom. The second-order valence-corrected chi connectivity index (χ2v) is 9.16. The van der Waals surface area contributed by atoms with Gasteiger partial charge in [-0.3, -0.25) is 9.78 Å². The minimum Gasteiger partial charge on any atom is -0.455 e. The third-order valence-electron chi connectivity index (χ3n) is 6.52. The summed E-state index contributed by atoms with van der Waals surface area (Å²) in [4.78, 5) is 17.1. The summed E-state index contributed by atoms with van der Waals surface area (Å²) in [6.07, 6.45) is 3.05. The Morgan fingerprint density at radius 2 is 1.79 bits per heavy atom. The Balaban J connectivity index is 1.39. The number of benzene rings is 3. The van der Waals surface area contributed by atoms with Crippen LogP contribution in [0.2, 0.25) is 0 Å². The first-order chi connectivity index (χ1) is 18.3. The lowest BCUT2D eigenvalue weighted by atomic mass is 9.93. The van der Waals surface area contributed by atoms with E-state index < -0.39 is 5.79 Å². The zero-order chi connectivity index (χ0) is 26.7. The van der Waals surface area contributed by atoms with Crippen LogP contribution in [0.25, 0.3) is 11.0 Å². The number of rotatable bonds is 7. The van der Waals surface area contributed by atoms with Gasteiger partial charge in [0, 0.05) is 23.3 Å². The molecule has 2 aromatic heterocycles. The van der Waals surface area contributed by atoms with E-state index in [4.69, 9.17) is 4.42 Å². The molecule has 1 amide bonds. The van der Waals surface area contributed by atoms with Crippen LogP contribution in [0.1, 0.15) is 45.2 Å². The number of nitrogens with zero attached hydrogens (tertiary/aromatic N) is 2. The van der Waals surface area contributed by atoms with Gasteiger partial charge in [0.05, 0.1) is 24.1 Å². The number of aryl methyl sites for hydroxylation is 1. The average Bonchev–Trinajstić information content (AvgIpc) is 3.37. The average molecular weight is 504 g/mol. The number of aromatic nitrogens is 1. The van der Waals surface area contributed by atoms with E-state index in [2.05, 4.69) is 16.4 Å². The Hall–Kier alpha value is -4.77. The summed E-state index contributed by atoms with van der Waals surface area (Å²) >= 11 is 0. The lowest BCUT2D eigenvalue weighted by Crippen LogP contribution is -2.31. The van der Waals surface area contributed by atoms with Crippen LogP contribution in [-0.2, 0) is 17.0 Å². The molecular weight excluding hydrogens is 478 g/mol. The zero-order valence-electron chi connectivity index (χ0n) is 20.6. The van der Waals surface area contributed by atoms with E-state index in [1.807, 2.05) is 49.4 Å². The molecule has 0 spiro atoms. The van der Waals surface area contributed by atoms with Crippen LogP contribution in [0.3, 0.4) is 0 Å². The molecule has 3 N–H and O–H groups in total. The van der Waals surface area contributed by atoms with E-state index >= 15 is 0 Å². The van der Waals surface area contributed by atoms with E-state index in [-0.39, 0.29) is 29.7 Å². The van der Waals surface area contributed by atoms with Crippen molar-refractivity contribution in [2.75, 3.05) is 0 Å². The summed E-state index contributed by atoms with van der Waals surface area (Å²) in [7, 11) is 0. The van der Waals surface area contributed by atoms with Crippen molar-refractivity contribution < 1.29 is 19.4 Å². The van der Waals surface area contributed by atoms with Gasteiger partial charge in [0.1, 0.15) is 5.58 Å². The molecule has 0 aliphatic carbocycles. The number of carbonyl (C=O) groups is 1. The molecule has 0 fully saturated rings. The summed E-state index contributed by atoms with van der Waals surface area (Å²) in [6.45, 7) is 1.93. The maximum absolute atomic E-state index is 13.2. The molecule has 38 heavy (non-hydrogen) atoms. The van der Waals surface area contributed by atoms with E-state index in [0.717, 1.165) is 22.3 Å². The smallest absolute Gasteiger partial charge is 0.251 e. The van der Waals surface area contributed by atoms with Gasteiger partial charge in [-0.05, 0) is 71.6 Å². The predicted molar refractivity (Wildman–Crippen MR) is 142 cm³/mol. The van der Waals surface area contributed by atoms with Crippen molar-refractivity contribution in [1.82, 2.24) is 10.3 Å². The largest absolute Gasteiger partial charge is 0.455 e. The summed E-state index contributed by atoms with van der Waals surface area (Å²) in [5.74, 6) is -2.52. The van der Waals surface area contributed by atoms with Gasteiger partial charge in [-0.2, -0.15) is 5.26 Å². The number of pyridine rings is 1. The van der Waals surface area contributed by atoms with Gasteiger partial charge in [0.15, 0.2) is 5.76 Å². The fraction of sp³-hybridized carbons (Fsp3) is 0.129. The second-order valence-electron chi connectivity index (χ2n) is 9.16. The Labute approximate surface area is 219 Å². The zero-order valence-corrected chi connectivity index (χ0v) is 20.6. The molecule has 2 heterocycles. The predicted octanol–water partition coefficient (Wildman–Crippen LogP) is 4.64. The first-order valence-corrected chi connectivity index (χ1v) is 12.1. The van der Waals surface area contributed by atoms with E-state index in [9.17, 15) is 20.3 Å². The van der Waals surface area contributed by atoms with E-state index in [1.54, 1.807) is 30.3 Å². The summed E-state index contributed by atoms with van der Waals surface area (Å²) < 4.78 is 5.72. The monoisotopic (exact) mass is 503 g/mol. The van der Waals surface area contributed by atoms with Gasteiger partial charge in [-0.15, -0.1) is 0 Å². The topological polar surface area (TPSA) is 119 Å². The quantitative estimate of drug-likeness (QED) is 0.278. The summed E-state index contributed by atoms with van der Waals surface area (Å²) in [5, 5.41) is 34.4. The molecule has 5 aromatic rings. The van der Waals surface area contributed by atoms with Crippen molar-refractivity contribution in [2.45, 2.75) is 25.2 Å². The molecule has 188 valence electrons. The second kappa shape index (κ2) is 10.3. The van der Waals surface area contributed by atoms with Crippen molar-refractivity contribution in [3.63, 3.8) is 0 Å².